The van der Waals surface area contributed by atoms with E-state index in [1.165, 1.54) is 6.92 Å². The zero-order valence-electron chi connectivity index (χ0n) is 19.4. The number of rotatable bonds is 7. The molecule has 0 heterocycles. The number of aryl methyl sites for hydroxylation is 1. The van der Waals surface area contributed by atoms with E-state index in [0.29, 0.717) is 22.6 Å². The first-order valence-corrected chi connectivity index (χ1v) is 11.2. The fraction of sp³-hybridized carbons (Fsp3) is 0.103. The van der Waals surface area contributed by atoms with E-state index >= 15 is 0 Å². The second kappa shape index (κ2) is 10.1. The highest BCUT2D eigenvalue weighted by Gasteiger charge is 2.12. The Morgan fingerprint density at radius 3 is 1.80 bits per heavy atom. The number of hydrogen-bond donors (Lipinski definition) is 3. The van der Waals surface area contributed by atoms with Gasteiger partial charge in [-0.05, 0) is 96.8 Å². The van der Waals surface area contributed by atoms with Gasteiger partial charge in [0, 0.05) is 11.1 Å². The average Bonchev–Trinajstić information content (AvgIpc) is 2.86. The van der Waals surface area contributed by atoms with Crippen molar-refractivity contribution in [3.8, 4) is 34.1 Å². The Hall–Kier alpha value is -4.58. The molecule has 0 aliphatic rings. The molecule has 4 aromatic carbocycles. The molecule has 176 valence electrons. The zero-order chi connectivity index (χ0) is 24.9. The maximum absolute atomic E-state index is 12.7. The van der Waals surface area contributed by atoms with E-state index in [1.54, 1.807) is 72.8 Å². The lowest BCUT2D eigenvalue weighted by Gasteiger charge is -2.11. The van der Waals surface area contributed by atoms with Crippen LogP contribution in [0.5, 0.6) is 23.0 Å². The van der Waals surface area contributed by atoms with Crippen molar-refractivity contribution in [2.75, 3.05) is 5.32 Å². The van der Waals surface area contributed by atoms with Gasteiger partial charge in [0.15, 0.2) is 5.78 Å². The molecule has 0 spiro atoms. The van der Waals surface area contributed by atoms with Crippen molar-refractivity contribution in [1.82, 2.24) is 0 Å². The first kappa shape index (κ1) is 23.6. The molecule has 1 amide bonds. The van der Waals surface area contributed by atoms with Gasteiger partial charge in [0.1, 0.15) is 23.0 Å². The van der Waals surface area contributed by atoms with Gasteiger partial charge in [-0.3, -0.25) is 9.59 Å². The topological polar surface area (TPSA) is 95.9 Å². The Balaban J connectivity index is 1.42. The third-order valence-electron chi connectivity index (χ3n) is 5.66. The van der Waals surface area contributed by atoms with Crippen molar-refractivity contribution in [3.05, 3.63) is 102 Å². The summed E-state index contributed by atoms with van der Waals surface area (Å²) in [4.78, 5) is 24.1. The molecule has 0 atom stereocenters. The van der Waals surface area contributed by atoms with Crippen LogP contribution in [0.25, 0.3) is 11.1 Å². The fourth-order valence-electron chi connectivity index (χ4n) is 3.62. The third kappa shape index (κ3) is 5.50. The van der Waals surface area contributed by atoms with Gasteiger partial charge in [0.2, 0.25) is 0 Å². The van der Waals surface area contributed by atoms with Crippen LogP contribution in [0.3, 0.4) is 0 Å². The summed E-state index contributed by atoms with van der Waals surface area (Å²) >= 11 is 0. The number of Topliss-reactive ketones (excluding diaryl/α,β-unsaturated/α-hetero) is 1. The molecule has 4 rings (SSSR count). The fourth-order valence-corrected chi connectivity index (χ4v) is 3.62. The van der Waals surface area contributed by atoms with E-state index in [1.807, 2.05) is 19.1 Å². The molecule has 0 aliphatic carbocycles. The van der Waals surface area contributed by atoms with Crippen molar-refractivity contribution < 1.29 is 24.5 Å². The molecule has 0 fully saturated rings. The Morgan fingerprint density at radius 2 is 1.29 bits per heavy atom. The molecular formula is C29H25NO5. The summed E-state index contributed by atoms with van der Waals surface area (Å²) in [6, 6.07) is 23.7. The molecule has 0 saturated heterocycles. The van der Waals surface area contributed by atoms with Gasteiger partial charge < -0.3 is 20.3 Å². The van der Waals surface area contributed by atoms with Crippen LogP contribution in [0, 0.1) is 0 Å². The van der Waals surface area contributed by atoms with Crippen LogP contribution in [-0.2, 0) is 6.42 Å². The van der Waals surface area contributed by atoms with E-state index in [2.05, 4.69) is 5.32 Å². The molecule has 6 nitrogen and oxygen atoms in total. The number of ether oxygens (including phenoxy) is 1. The van der Waals surface area contributed by atoms with Gasteiger partial charge in [-0.15, -0.1) is 0 Å². The molecule has 0 saturated carbocycles. The number of hydrogen-bond acceptors (Lipinski definition) is 5. The molecule has 4 aromatic rings. The minimum absolute atomic E-state index is 0.0162. The van der Waals surface area contributed by atoms with Crippen LogP contribution in [0.15, 0.2) is 84.9 Å². The second-order valence-corrected chi connectivity index (χ2v) is 8.09. The van der Waals surface area contributed by atoms with Gasteiger partial charge in [-0.1, -0.05) is 25.1 Å². The lowest BCUT2D eigenvalue weighted by Crippen LogP contribution is -2.11. The summed E-state index contributed by atoms with van der Waals surface area (Å²) in [5.74, 6) is 0.857. The van der Waals surface area contributed by atoms with Crippen molar-refractivity contribution in [3.63, 3.8) is 0 Å². The summed E-state index contributed by atoms with van der Waals surface area (Å²) in [5.41, 5.74) is 3.61. The van der Waals surface area contributed by atoms with Gasteiger partial charge >= 0.3 is 0 Å². The van der Waals surface area contributed by atoms with Crippen LogP contribution in [0.2, 0.25) is 0 Å². The average molecular weight is 468 g/mol. The maximum Gasteiger partial charge on any atom is 0.255 e. The highest BCUT2D eigenvalue weighted by atomic mass is 16.5. The number of benzene rings is 4. The van der Waals surface area contributed by atoms with Crippen LogP contribution >= 0.6 is 0 Å². The van der Waals surface area contributed by atoms with E-state index in [-0.39, 0.29) is 28.9 Å². The predicted octanol–water partition coefficient (Wildman–Crippen LogP) is 6.57. The van der Waals surface area contributed by atoms with Crippen molar-refractivity contribution in [2.45, 2.75) is 20.3 Å². The number of amides is 1. The van der Waals surface area contributed by atoms with E-state index < -0.39 is 0 Å². The number of phenolic OH excluding ortho intramolecular Hbond substituents is 2. The quantitative estimate of drug-likeness (QED) is 0.211. The first-order valence-electron chi connectivity index (χ1n) is 11.2. The number of ketones is 1. The molecule has 35 heavy (non-hydrogen) atoms. The SMILES string of the molecule is CCc1ccc(-c2ccc(NC(=O)c3ccc(Oc4ccc(C(C)=O)cc4)cc3)c(O)c2)cc1O. The summed E-state index contributed by atoms with van der Waals surface area (Å²) in [6.45, 7) is 3.47. The first-order chi connectivity index (χ1) is 16.8. The van der Waals surface area contributed by atoms with Crippen molar-refractivity contribution in [2.24, 2.45) is 0 Å². The van der Waals surface area contributed by atoms with Gasteiger partial charge in [-0.2, -0.15) is 0 Å². The van der Waals surface area contributed by atoms with Crippen LogP contribution in [0.1, 0.15) is 40.1 Å². The molecule has 0 bridgehead atoms. The number of carbonyl (C=O) groups excluding carboxylic acids is 2. The maximum atomic E-state index is 12.7. The molecule has 6 heteroatoms. The summed E-state index contributed by atoms with van der Waals surface area (Å²) in [5, 5.41) is 23.3. The zero-order valence-corrected chi connectivity index (χ0v) is 19.4. The summed E-state index contributed by atoms with van der Waals surface area (Å²) in [6.07, 6.45) is 0.726. The van der Waals surface area contributed by atoms with Gasteiger partial charge in [0.25, 0.3) is 5.91 Å². The lowest BCUT2D eigenvalue weighted by atomic mass is 10.0. The summed E-state index contributed by atoms with van der Waals surface area (Å²) in [7, 11) is 0. The number of aromatic hydroxyl groups is 2. The van der Waals surface area contributed by atoms with E-state index in [0.717, 1.165) is 23.1 Å². The predicted molar refractivity (Wildman–Crippen MR) is 136 cm³/mol. The highest BCUT2D eigenvalue weighted by Crippen LogP contribution is 2.33. The Kier molecular flexibility index (Phi) is 6.83. The second-order valence-electron chi connectivity index (χ2n) is 8.09. The molecule has 0 radical (unpaired) electrons. The number of carbonyl (C=O) groups is 2. The van der Waals surface area contributed by atoms with E-state index in [9.17, 15) is 19.8 Å². The molecule has 0 aromatic heterocycles. The lowest BCUT2D eigenvalue weighted by molar-refractivity contribution is 0.101. The standard InChI is InChI=1S/C29H25NO5/c1-3-19-4-5-22(16-27(19)32)23-10-15-26(28(33)17-23)30-29(34)21-8-13-25(14-9-21)35-24-11-6-20(7-12-24)18(2)31/h4-17,32-33H,3H2,1-2H3,(H,30,34). The van der Waals surface area contributed by atoms with Crippen LogP contribution < -0.4 is 10.1 Å². The van der Waals surface area contributed by atoms with Gasteiger partial charge in [-0.25, -0.2) is 0 Å². The smallest absolute Gasteiger partial charge is 0.255 e. The summed E-state index contributed by atoms with van der Waals surface area (Å²) < 4.78 is 5.76. The van der Waals surface area contributed by atoms with E-state index in [4.69, 9.17) is 4.74 Å². The molecule has 3 N–H and O–H groups in total. The Labute approximate surface area is 203 Å². The molecular weight excluding hydrogens is 442 g/mol. The van der Waals surface area contributed by atoms with Crippen molar-refractivity contribution in [1.29, 1.82) is 0 Å². The Morgan fingerprint density at radius 1 is 0.743 bits per heavy atom. The molecule has 0 unspecified atom stereocenters. The largest absolute Gasteiger partial charge is 0.508 e. The monoisotopic (exact) mass is 467 g/mol. The highest BCUT2D eigenvalue weighted by molar-refractivity contribution is 6.05. The number of nitrogens with one attached hydrogen (secondary N) is 1. The van der Waals surface area contributed by atoms with Crippen molar-refractivity contribution >= 4 is 17.4 Å². The number of anilines is 1. The minimum Gasteiger partial charge on any atom is -0.508 e. The Bertz CT molecular complexity index is 1380. The minimum atomic E-state index is -0.379. The van der Waals surface area contributed by atoms with Crippen LogP contribution in [0.4, 0.5) is 5.69 Å². The third-order valence-corrected chi connectivity index (χ3v) is 5.66. The van der Waals surface area contributed by atoms with Gasteiger partial charge in [0.05, 0.1) is 5.69 Å². The van der Waals surface area contributed by atoms with Crippen LogP contribution in [-0.4, -0.2) is 21.9 Å². The number of phenols is 2. The molecule has 0 aliphatic heterocycles. The normalized spacial score (nSPS) is 10.6.